The van der Waals surface area contributed by atoms with Crippen molar-refractivity contribution in [3.63, 3.8) is 0 Å². The average molecular weight is 343 g/mol. The van der Waals surface area contributed by atoms with Crippen LogP contribution in [0, 0.1) is 25.7 Å². The summed E-state index contributed by atoms with van der Waals surface area (Å²) >= 11 is 0. The molecule has 3 atom stereocenters. The molecule has 2 saturated heterocycles. The normalized spacial score (nSPS) is 26.6. The van der Waals surface area contributed by atoms with Gasteiger partial charge in [-0.05, 0) is 38.8 Å². The maximum absolute atomic E-state index is 6.08. The Bertz CT molecular complexity index is 685. The molecule has 0 aliphatic carbocycles. The summed E-state index contributed by atoms with van der Waals surface area (Å²) in [6.07, 6.45) is 4.91. The van der Waals surface area contributed by atoms with Crippen LogP contribution in [0.2, 0.25) is 0 Å². The maximum Gasteiger partial charge on any atom is 0.222 e. The zero-order valence-electron chi connectivity index (χ0n) is 14.8. The fraction of sp³-hybridized carbons (Fsp3) is 0.611. The Hall–Kier alpha value is -1.99. The van der Waals surface area contributed by atoms with Gasteiger partial charge in [0, 0.05) is 43.5 Å². The van der Waals surface area contributed by atoms with Gasteiger partial charge in [-0.15, -0.1) is 0 Å². The van der Waals surface area contributed by atoms with Crippen molar-refractivity contribution in [2.45, 2.75) is 32.9 Å². The Morgan fingerprint density at radius 2 is 2.12 bits per heavy atom. The largest absolute Gasteiger partial charge is 0.376 e. The van der Waals surface area contributed by atoms with Gasteiger partial charge in [-0.1, -0.05) is 5.16 Å². The Morgan fingerprint density at radius 3 is 2.88 bits per heavy atom. The standard InChI is InChI=1S/C18H25N5O2/c1-12-16(13(2)25-22-12)10-23-7-4-15-14(9-23)11-24-17(15)8-21-18-19-5-3-6-20-18/h3,5-6,14-15,17H,4,7-11H2,1-2H3,(H,19,20,21)/t14-,15-,17-/m0/s1. The third kappa shape index (κ3) is 3.52. The molecule has 1 N–H and O–H groups in total. The summed E-state index contributed by atoms with van der Waals surface area (Å²) in [5.74, 6) is 2.81. The third-order valence-electron chi connectivity index (χ3n) is 5.47. The maximum atomic E-state index is 6.08. The van der Waals surface area contributed by atoms with Crippen molar-refractivity contribution in [3.05, 3.63) is 35.5 Å². The highest BCUT2D eigenvalue weighted by atomic mass is 16.5. The number of hydrogen-bond acceptors (Lipinski definition) is 7. The number of hydrogen-bond donors (Lipinski definition) is 1. The Kier molecular flexibility index (Phi) is 4.67. The molecule has 2 aromatic heterocycles. The lowest BCUT2D eigenvalue weighted by molar-refractivity contribution is 0.0945. The molecule has 7 heteroatoms. The molecule has 0 bridgehead atoms. The van der Waals surface area contributed by atoms with Crippen molar-refractivity contribution >= 4 is 5.95 Å². The van der Waals surface area contributed by atoms with E-state index in [9.17, 15) is 0 Å². The van der Waals surface area contributed by atoms with Crippen LogP contribution in [0.5, 0.6) is 0 Å². The van der Waals surface area contributed by atoms with Crippen molar-refractivity contribution in [2.75, 3.05) is 31.6 Å². The summed E-state index contributed by atoms with van der Waals surface area (Å²) in [5.41, 5.74) is 2.24. The topological polar surface area (TPSA) is 76.3 Å². The molecule has 0 saturated carbocycles. The van der Waals surface area contributed by atoms with Crippen LogP contribution in [0.25, 0.3) is 0 Å². The minimum absolute atomic E-state index is 0.245. The van der Waals surface area contributed by atoms with Crippen LogP contribution in [0.3, 0.4) is 0 Å². The molecular formula is C18H25N5O2. The highest BCUT2D eigenvalue weighted by Crippen LogP contribution is 2.35. The van der Waals surface area contributed by atoms with E-state index in [-0.39, 0.29) is 6.10 Å². The van der Waals surface area contributed by atoms with E-state index in [4.69, 9.17) is 9.26 Å². The van der Waals surface area contributed by atoms with E-state index in [1.165, 1.54) is 5.56 Å². The van der Waals surface area contributed by atoms with E-state index in [0.717, 1.165) is 50.7 Å². The van der Waals surface area contributed by atoms with Crippen molar-refractivity contribution in [1.29, 1.82) is 0 Å². The number of fused-ring (bicyclic) bond motifs is 1. The molecule has 2 aromatic rings. The quantitative estimate of drug-likeness (QED) is 0.890. The van der Waals surface area contributed by atoms with Crippen LogP contribution >= 0.6 is 0 Å². The molecule has 4 heterocycles. The number of ether oxygens (including phenoxy) is 1. The molecule has 0 unspecified atom stereocenters. The molecule has 0 aromatic carbocycles. The molecule has 4 rings (SSSR count). The summed E-state index contributed by atoms with van der Waals surface area (Å²) in [6.45, 7) is 8.71. The summed E-state index contributed by atoms with van der Waals surface area (Å²) in [5, 5.41) is 7.37. The molecule has 2 aliphatic heterocycles. The number of piperidine rings is 1. The van der Waals surface area contributed by atoms with E-state index in [1.54, 1.807) is 12.4 Å². The van der Waals surface area contributed by atoms with E-state index in [1.807, 2.05) is 19.9 Å². The fourth-order valence-corrected chi connectivity index (χ4v) is 4.05. The van der Waals surface area contributed by atoms with Gasteiger partial charge < -0.3 is 14.6 Å². The van der Waals surface area contributed by atoms with Crippen molar-refractivity contribution in [3.8, 4) is 0 Å². The van der Waals surface area contributed by atoms with Crippen molar-refractivity contribution in [2.24, 2.45) is 11.8 Å². The molecule has 25 heavy (non-hydrogen) atoms. The van der Waals surface area contributed by atoms with Crippen LogP contribution in [0.4, 0.5) is 5.95 Å². The Labute approximate surface area is 147 Å². The summed E-state index contributed by atoms with van der Waals surface area (Å²) < 4.78 is 11.4. The SMILES string of the molecule is Cc1noc(C)c1CN1CC[C@H]2[C@H](CO[C@H]2CNc2ncccn2)C1. The van der Waals surface area contributed by atoms with E-state index >= 15 is 0 Å². The van der Waals surface area contributed by atoms with Crippen LogP contribution in [-0.4, -0.2) is 52.4 Å². The summed E-state index contributed by atoms with van der Waals surface area (Å²) in [6, 6.07) is 1.82. The zero-order chi connectivity index (χ0) is 17.2. The first-order chi connectivity index (χ1) is 12.2. The van der Waals surface area contributed by atoms with E-state index in [0.29, 0.717) is 17.8 Å². The van der Waals surface area contributed by atoms with Crippen molar-refractivity contribution in [1.82, 2.24) is 20.0 Å². The minimum atomic E-state index is 0.245. The number of anilines is 1. The smallest absolute Gasteiger partial charge is 0.222 e. The van der Waals surface area contributed by atoms with E-state index in [2.05, 4.69) is 25.3 Å². The highest BCUT2D eigenvalue weighted by Gasteiger charge is 2.40. The first-order valence-corrected chi connectivity index (χ1v) is 8.97. The van der Waals surface area contributed by atoms with Crippen molar-refractivity contribution < 1.29 is 9.26 Å². The monoisotopic (exact) mass is 343 g/mol. The van der Waals surface area contributed by atoms with Gasteiger partial charge in [-0.25, -0.2) is 9.97 Å². The molecule has 7 nitrogen and oxygen atoms in total. The Morgan fingerprint density at radius 1 is 1.28 bits per heavy atom. The summed E-state index contributed by atoms with van der Waals surface area (Å²) in [4.78, 5) is 10.9. The van der Waals surface area contributed by atoms with E-state index < -0.39 is 0 Å². The second-order valence-electron chi connectivity index (χ2n) is 7.08. The fourth-order valence-electron chi connectivity index (χ4n) is 4.05. The van der Waals surface area contributed by atoms with Crippen LogP contribution in [0.15, 0.2) is 23.0 Å². The molecule has 0 amide bonds. The van der Waals surface area contributed by atoms with Gasteiger partial charge in [0.05, 0.1) is 18.4 Å². The lowest BCUT2D eigenvalue weighted by Crippen LogP contribution is -2.42. The molecule has 0 spiro atoms. The van der Waals surface area contributed by atoms with Crippen LogP contribution < -0.4 is 5.32 Å². The summed E-state index contributed by atoms with van der Waals surface area (Å²) in [7, 11) is 0. The van der Waals surface area contributed by atoms with Gasteiger partial charge >= 0.3 is 0 Å². The Balaban J connectivity index is 1.32. The molecule has 0 radical (unpaired) electrons. The molecular weight excluding hydrogens is 318 g/mol. The zero-order valence-corrected chi connectivity index (χ0v) is 14.8. The van der Waals surface area contributed by atoms with Crippen LogP contribution in [-0.2, 0) is 11.3 Å². The molecule has 134 valence electrons. The van der Waals surface area contributed by atoms with Gasteiger partial charge in [0.25, 0.3) is 0 Å². The van der Waals surface area contributed by atoms with Gasteiger partial charge in [0.1, 0.15) is 5.76 Å². The number of nitrogens with one attached hydrogen (secondary N) is 1. The average Bonchev–Trinajstić information content (AvgIpc) is 3.18. The molecule has 2 fully saturated rings. The first kappa shape index (κ1) is 16.5. The number of rotatable bonds is 5. The van der Waals surface area contributed by atoms with Gasteiger partial charge in [0.15, 0.2) is 0 Å². The van der Waals surface area contributed by atoms with Gasteiger partial charge in [0.2, 0.25) is 5.95 Å². The lowest BCUT2D eigenvalue weighted by atomic mass is 9.84. The highest BCUT2D eigenvalue weighted by molar-refractivity contribution is 5.23. The predicted octanol–water partition coefficient (Wildman–Crippen LogP) is 2.03. The third-order valence-corrected chi connectivity index (χ3v) is 5.47. The second kappa shape index (κ2) is 7.09. The predicted molar refractivity (Wildman–Crippen MR) is 93.1 cm³/mol. The molecule has 2 aliphatic rings. The number of nitrogens with zero attached hydrogens (tertiary/aromatic N) is 4. The van der Waals surface area contributed by atoms with Gasteiger partial charge in [-0.3, -0.25) is 4.90 Å². The second-order valence-corrected chi connectivity index (χ2v) is 7.08. The minimum Gasteiger partial charge on any atom is -0.376 e. The lowest BCUT2D eigenvalue weighted by Gasteiger charge is -2.35. The van der Waals surface area contributed by atoms with Crippen LogP contribution in [0.1, 0.15) is 23.4 Å². The number of aryl methyl sites for hydroxylation is 2. The first-order valence-electron chi connectivity index (χ1n) is 8.97. The van der Waals surface area contributed by atoms with Gasteiger partial charge in [-0.2, -0.15) is 0 Å². The number of likely N-dealkylation sites (tertiary alicyclic amines) is 1. The number of aromatic nitrogens is 3.